The summed E-state index contributed by atoms with van der Waals surface area (Å²) in [6, 6.07) is 11.5. The highest BCUT2D eigenvalue weighted by Gasteiger charge is 2.13. The van der Waals surface area contributed by atoms with Gasteiger partial charge in [0.1, 0.15) is 5.75 Å². The largest absolute Gasteiger partial charge is 0.483 e. The summed E-state index contributed by atoms with van der Waals surface area (Å²) in [5.74, 6) is 0.489. The zero-order valence-electron chi connectivity index (χ0n) is 13.7. The van der Waals surface area contributed by atoms with Crippen LogP contribution in [0.5, 0.6) is 5.75 Å². The minimum atomic E-state index is -0.223. The number of para-hydroxylation sites is 1. The lowest BCUT2D eigenvalue weighted by Crippen LogP contribution is -2.20. The van der Waals surface area contributed by atoms with Crippen molar-refractivity contribution in [2.75, 3.05) is 11.9 Å². The van der Waals surface area contributed by atoms with E-state index >= 15 is 0 Å². The summed E-state index contributed by atoms with van der Waals surface area (Å²) in [5.41, 5.74) is 2.84. The summed E-state index contributed by atoms with van der Waals surface area (Å²) in [6.45, 7) is 3.89. The summed E-state index contributed by atoms with van der Waals surface area (Å²) >= 11 is 3.11. The van der Waals surface area contributed by atoms with Gasteiger partial charge >= 0.3 is 0 Å². The number of hydrogen-bond donors (Lipinski definition) is 1. The zero-order chi connectivity index (χ0) is 17.4. The number of rotatable bonds is 4. The number of nitrogens with one attached hydrogen (secondary N) is 1. The molecule has 1 N–H and O–H groups in total. The van der Waals surface area contributed by atoms with Gasteiger partial charge < -0.3 is 4.74 Å². The molecule has 2 aromatic carbocycles. The van der Waals surface area contributed by atoms with E-state index in [0.717, 1.165) is 31.0 Å². The molecular formula is C18H15N3O2S2. The van der Waals surface area contributed by atoms with Crippen LogP contribution in [-0.4, -0.2) is 22.5 Å². The minimum absolute atomic E-state index is 0.0458. The number of amides is 1. The van der Waals surface area contributed by atoms with Gasteiger partial charge in [-0.15, -0.1) is 11.3 Å². The molecule has 2 heterocycles. The molecule has 0 aliphatic heterocycles. The van der Waals surface area contributed by atoms with Crippen LogP contribution in [0, 0.1) is 13.8 Å². The van der Waals surface area contributed by atoms with E-state index in [0.29, 0.717) is 10.9 Å². The Labute approximate surface area is 152 Å². The lowest BCUT2D eigenvalue weighted by molar-refractivity contribution is -0.118. The molecule has 4 rings (SSSR count). The number of carbonyl (C=O) groups is 1. The zero-order valence-corrected chi connectivity index (χ0v) is 15.3. The summed E-state index contributed by atoms with van der Waals surface area (Å²) < 4.78 is 7.74. The summed E-state index contributed by atoms with van der Waals surface area (Å²) in [4.78, 5) is 21.2. The van der Waals surface area contributed by atoms with Crippen LogP contribution in [0.2, 0.25) is 0 Å². The van der Waals surface area contributed by atoms with Gasteiger partial charge in [0.25, 0.3) is 5.91 Å². The number of carbonyl (C=O) groups excluding carboxylic acids is 1. The van der Waals surface area contributed by atoms with E-state index in [9.17, 15) is 4.79 Å². The predicted molar refractivity (Wildman–Crippen MR) is 103 cm³/mol. The van der Waals surface area contributed by atoms with Crippen LogP contribution in [-0.2, 0) is 4.79 Å². The molecule has 0 saturated carbocycles. The second kappa shape index (κ2) is 6.42. The number of fused-ring (bicyclic) bond motifs is 3. The SMILES string of the molecule is Cc1nc2ccc3nc(NC(=O)COc4ccccc4C)sc3c2s1. The Bertz CT molecular complexity index is 1080. The van der Waals surface area contributed by atoms with Crippen molar-refractivity contribution in [3.8, 4) is 5.75 Å². The maximum atomic E-state index is 12.2. The molecule has 1 amide bonds. The minimum Gasteiger partial charge on any atom is -0.483 e. The highest BCUT2D eigenvalue weighted by atomic mass is 32.1. The molecule has 0 bridgehead atoms. The first-order valence-electron chi connectivity index (χ1n) is 7.75. The Morgan fingerprint density at radius 3 is 2.56 bits per heavy atom. The van der Waals surface area contributed by atoms with Crippen LogP contribution in [0.15, 0.2) is 36.4 Å². The van der Waals surface area contributed by atoms with Crippen LogP contribution in [0.1, 0.15) is 10.6 Å². The van der Waals surface area contributed by atoms with Gasteiger partial charge in [0.15, 0.2) is 11.7 Å². The third-order valence-electron chi connectivity index (χ3n) is 3.72. The second-order valence-electron chi connectivity index (χ2n) is 5.62. The van der Waals surface area contributed by atoms with Crippen molar-refractivity contribution in [3.05, 3.63) is 47.0 Å². The molecule has 7 heteroatoms. The summed E-state index contributed by atoms with van der Waals surface area (Å²) in [5, 5.41) is 4.42. The van der Waals surface area contributed by atoms with Crippen LogP contribution in [0.3, 0.4) is 0 Å². The van der Waals surface area contributed by atoms with Crippen LogP contribution in [0.4, 0.5) is 5.13 Å². The predicted octanol–water partition coefficient (Wildman–Crippen LogP) is 4.54. The van der Waals surface area contributed by atoms with Crippen molar-refractivity contribution in [3.63, 3.8) is 0 Å². The topological polar surface area (TPSA) is 64.1 Å². The third kappa shape index (κ3) is 3.20. The smallest absolute Gasteiger partial charge is 0.264 e. The van der Waals surface area contributed by atoms with Gasteiger partial charge in [-0.05, 0) is 37.6 Å². The van der Waals surface area contributed by atoms with Crippen molar-refractivity contribution >= 4 is 54.1 Å². The summed E-state index contributed by atoms with van der Waals surface area (Å²) in [7, 11) is 0. The van der Waals surface area contributed by atoms with Crippen molar-refractivity contribution in [2.24, 2.45) is 0 Å². The monoisotopic (exact) mass is 369 g/mol. The molecule has 126 valence electrons. The van der Waals surface area contributed by atoms with E-state index in [2.05, 4.69) is 15.3 Å². The molecule has 0 radical (unpaired) electrons. The molecule has 5 nitrogen and oxygen atoms in total. The van der Waals surface area contributed by atoms with E-state index in [1.54, 1.807) is 11.3 Å². The molecule has 4 aromatic rings. The number of hydrogen-bond acceptors (Lipinski definition) is 6. The van der Waals surface area contributed by atoms with E-state index < -0.39 is 0 Å². The van der Waals surface area contributed by atoms with Crippen molar-refractivity contribution < 1.29 is 9.53 Å². The molecule has 0 atom stereocenters. The fourth-order valence-electron chi connectivity index (χ4n) is 2.55. The first kappa shape index (κ1) is 16.0. The first-order valence-corrected chi connectivity index (χ1v) is 9.38. The molecule has 0 aliphatic rings. The van der Waals surface area contributed by atoms with Gasteiger partial charge in [-0.2, -0.15) is 0 Å². The van der Waals surface area contributed by atoms with Gasteiger partial charge in [0, 0.05) is 0 Å². The molecule has 0 saturated heterocycles. The Balaban J connectivity index is 1.51. The molecule has 25 heavy (non-hydrogen) atoms. The maximum absolute atomic E-state index is 12.2. The van der Waals surface area contributed by atoms with Crippen LogP contribution < -0.4 is 10.1 Å². The van der Waals surface area contributed by atoms with Crippen LogP contribution >= 0.6 is 22.7 Å². The van der Waals surface area contributed by atoms with Crippen molar-refractivity contribution in [1.82, 2.24) is 9.97 Å². The number of anilines is 1. The molecule has 0 fully saturated rings. The van der Waals surface area contributed by atoms with E-state index in [1.807, 2.05) is 50.2 Å². The first-order chi connectivity index (χ1) is 12.1. The van der Waals surface area contributed by atoms with Gasteiger partial charge in [-0.25, -0.2) is 9.97 Å². The van der Waals surface area contributed by atoms with Crippen LogP contribution in [0.25, 0.3) is 20.4 Å². The van der Waals surface area contributed by atoms with Gasteiger partial charge in [0.05, 0.1) is 25.4 Å². The molecular weight excluding hydrogens is 354 g/mol. The highest BCUT2D eigenvalue weighted by molar-refractivity contribution is 7.28. The average molecular weight is 369 g/mol. The van der Waals surface area contributed by atoms with Gasteiger partial charge in [-0.1, -0.05) is 29.5 Å². The maximum Gasteiger partial charge on any atom is 0.264 e. The molecule has 0 spiro atoms. The lowest BCUT2D eigenvalue weighted by Gasteiger charge is -2.07. The molecule has 0 unspecified atom stereocenters. The second-order valence-corrected chi connectivity index (χ2v) is 7.82. The normalized spacial score (nSPS) is 11.1. The molecule has 0 aliphatic carbocycles. The van der Waals surface area contributed by atoms with E-state index in [-0.39, 0.29) is 12.5 Å². The number of thiazole rings is 2. The fraction of sp³-hybridized carbons (Fsp3) is 0.167. The number of aromatic nitrogens is 2. The van der Waals surface area contributed by atoms with Crippen molar-refractivity contribution in [2.45, 2.75) is 13.8 Å². The number of aryl methyl sites for hydroxylation is 2. The quantitative estimate of drug-likeness (QED) is 0.573. The Kier molecular flexibility index (Phi) is 4.10. The standard InChI is InChI=1S/C18H15N3O2S2/c1-10-5-3-4-6-14(10)23-9-15(22)21-18-20-13-8-7-12-16(17(13)25-18)24-11(2)19-12/h3-8H,9H2,1-2H3,(H,20,21,22). The Morgan fingerprint density at radius 1 is 1.04 bits per heavy atom. The average Bonchev–Trinajstić information content (AvgIpc) is 3.15. The number of benzene rings is 2. The fourth-order valence-corrected chi connectivity index (χ4v) is 4.58. The molecule has 2 aromatic heterocycles. The highest BCUT2D eigenvalue weighted by Crippen LogP contribution is 2.35. The van der Waals surface area contributed by atoms with Crippen molar-refractivity contribution in [1.29, 1.82) is 0 Å². The Morgan fingerprint density at radius 2 is 1.76 bits per heavy atom. The van der Waals surface area contributed by atoms with E-state index in [1.165, 1.54) is 11.3 Å². The lowest BCUT2D eigenvalue weighted by atomic mass is 10.2. The summed E-state index contributed by atoms with van der Waals surface area (Å²) in [6.07, 6.45) is 0. The number of nitrogens with zero attached hydrogens (tertiary/aromatic N) is 2. The van der Waals surface area contributed by atoms with Gasteiger partial charge in [-0.3, -0.25) is 10.1 Å². The Hall–Kier alpha value is -2.51. The third-order valence-corrected chi connectivity index (χ3v) is 5.86. The van der Waals surface area contributed by atoms with E-state index in [4.69, 9.17) is 4.74 Å². The number of ether oxygens (including phenoxy) is 1. The van der Waals surface area contributed by atoms with Gasteiger partial charge in [0.2, 0.25) is 0 Å².